The lowest BCUT2D eigenvalue weighted by atomic mass is 10.2. The Labute approximate surface area is 117 Å². The summed E-state index contributed by atoms with van der Waals surface area (Å²) in [7, 11) is 1.29. The molecule has 0 aliphatic carbocycles. The Balaban J connectivity index is 2.58. The Hall–Kier alpha value is -2.37. The molecular formula is C14H18N2O4. The Bertz CT molecular complexity index is 494. The largest absolute Gasteiger partial charge is 0.465 e. The molecule has 0 bridgehead atoms. The lowest BCUT2D eigenvalue weighted by molar-refractivity contribution is -0.136. The van der Waals surface area contributed by atoms with Crippen molar-refractivity contribution in [3.05, 3.63) is 29.8 Å². The summed E-state index contributed by atoms with van der Waals surface area (Å²) in [5.74, 6) is -1.61. The van der Waals surface area contributed by atoms with Gasteiger partial charge in [0, 0.05) is 12.2 Å². The van der Waals surface area contributed by atoms with Crippen LogP contribution in [0.1, 0.15) is 24.2 Å². The van der Waals surface area contributed by atoms with Gasteiger partial charge in [0.15, 0.2) is 0 Å². The summed E-state index contributed by atoms with van der Waals surface area (Å²) in [5, 5.41) is 4.96. The maximum Gasteiger partial charge on any atom is 0.337 e. The number of benzene rings is 1. The Morgan fingerprint density at radius 3 is 2.20 bits per heavy atom. The average Bonchev–Trinajstić information content (AvgIpc) is 2.44. The van der Waals surface area contributed by atoms with E-state index in [0.717, 1.165) is 0 Å². The number of anilines is 1. The first-order chi connectivity index (χ1) is 9.43. The summed E-state index contributed by atoms with van der Waals surface area (Å²) < 4.78 is 4.56. The molecule has 6 heteroatoms. The van der Waals surface area contributed by atoms with Gasteiger partial charge in [-0.2, -0.15) is 0 Å². The van der Waals surface area contributed by atoms with E-state index in [2.05, 4.69) is 15.4 Å². The van der Waals surface area contributed by atoms with Gasteiger partial charge < -0.3 is 15.4 Å². The van der Waals surface area contributed by atoms with Crippen molar-refractivity contribution in [2.24, 2.45) is 5.92 Å². The van der Waals surface area contributed by atoms with E-state index < -0.39 is 17.8 Å². The lowest BCUT2D eigenvalue weighted by Crippen LogP contribution is -2.37. The van der Waals surface area contributed by atoms with E-state index in [1.54, 1.807) is 0 Å². The van der Waals surface area contributed by atoms with Gasteiger partial charge in [-0.25, -0.2) is 4.79 Å². The van der Waals surface area contributed by atoms with Crippen LogP contribution in [-0.2, 0) is 14.3 Å². The second-order valence-corrected chi connectivity index (χ2v) is 4.63. The van der Waals surface area contributed by atoms with E-state index in [1.807, 2.05) is 13.8 Å². The number of rotatable bonds is 4. The topological polar surface area (TPSA) is 84.5 Å². The molecule has 1 aromatic carbocycles. The fourth-order valence-electron chi connectivity index (χ4n) is 1.37. The van der Waals surface area contributed by atoms with Crippen LogP contribution < -0.4 is 10.6 Å². The predicted molar refractivity (Wildman–Crippen MR) is 74.3 cm³/mol. The number of hydrogen-bond acceptors (Lipinski definition) is 4. The zero-order valence-corrected chi connectivity index (χ0v) is 11.7. The molecule has 1 aromatic rings. The maximum absolute atomic E-state index is 11.6. The van der Waals surface area contributed by atoms with Crippen molar-refractivity contribution >= 4 is 23.5 Å². The molecule has 0 atom stereocenters. The van der Waals surface area contributed by atoms with Gasteiger partial charge in [0.1, 0.15) is 0 Å². The summed E-state index contributed by atoms with van der Waals surface area (Å²) in [6.45, 7) is 4.31. The normalized spacial score (nSPS) is 10.0. The number of methoxy groups -OCH3 is 1. The highest BCUT2D eigenvalue weighted by Gasteiger charge is 2.14. The monoisotopic (exact) mass is 278 g/mol. The number of hydrogen-bond donors (Lipinski definition) is 2. The van der Waals surface area contributed by atoms with Crippen LogP contribution in [0.4, 0.5) is 5.69 Å². The van der Waals surface area contributed by atoms with Gasteiger partial charge in [0.25, 0.3) is 0 Å². The Morgan fingerprint density at radius 1 is 1.10 bits per heavy atom. The second-order valence-electron chi connectivity index (χ2n) is 4.63. The SMILES string of the molecule is COC(=O)c1ccc(NC(=O)C(=O)NCC(C)C)cc1. The van der Waals surface area contributed by atoms with Crippen molar-refractivity contribution in [3.8, 4) is 0 Å². The zero-order chi connectivity index (χ0) is 15.1. The first-order valence-electron chi connectivity index (χ1n) is 6.21. The maximum atomic E-state index is 11.6. The first kappa shape index (κ1) is 15.7. The summed E-state index contributed by atoms with van der Waals surface area (Å²) in [6, 6.07) is 6.07. The number of amides is 2. The molecule has 108 valence electrons. The standard InChI is InChI=1S/C14H18N2O4/c1-9(2)8-15-12(17)13(18)16-11-6-4-10(5-7-11)14(19)20-3/h4-7,9H,8H2,1-3H3,(H,15,17)(H,16,18). The quantitative estimate of drug-likeness (QED) is 0.640. The van der Waals surface area contributed by atoms with Crippen LogP contribution in [0.25, 0.3) is 0 Å². The number of esters is 1. The molecule has 2 N–H and O–H groups in total. The minimum atomic E-state index is -0.739. The van der Waals surface area contributed by atoms with Gasteiger partial charge in [0.2, 0.25) is 0 Å². The molecule has 2 amide bonds. The fourth-order valence-corrected chi connectivity index (χ4v) is 1.37. The summed E-state index contributed by atoms with van der Waals surface area (Å²) in [4.78, 5) is 34.3. The summed E-state index contributed by atoms with van der Waals surface area (Å²) >= 11 is 0. The van der Waals surface area contributed by atoms with E-state index in [0.29, 0.717) is 17.8 Å². The van der Waals surface area contributed by atoms with E-state index in [9.17, 15) is 14.4 Å². The molecule has 0 unspecified atom stereocenters. The molecule has 0 radical (unpaired) electrons. The average molecular weight is 278 g/mol. The third-order valence-corrected chi connectivity index (χ3v) is 2.44. The third kappa shape index (κ3) is 4.72. The first-order valence-corrected chi connectivity index (χ1v) is 6.21. The zero-order valence-electron chi connectivity index (χ0n) is 11.7. The van der Waals surface area contributed by atoms with E-state index in [1.165, 1.54) is 31.4 Å². The van der Waals surface area contributed by atoms with Crippen LogP contribution in [0, 0.1) is 5.92 Å². The van der Waals surface area contributed by atoms with Gasteiger partial charge >= 0.3 is 17.8 Å². The highest BCUT2D eigenvalue weighted by Crippen LogP contribution is 2.10. The van der Waals surface area contributed by atoms with Crippen molar-refractivity contribution in [2.45, 2.75) is 13.8 Å². The minimum Gasteiger partial charge on any atom is -0.465 e. The van der Waals surface area contributed by atoms with E-state index in [4.69, 9.17) is 0 Å². The predicted octanol–water partition coefficient (Wildman–Crippen LogP) is 1.18. The molecule has 1 rings (SSSR count). The lowest BCUT2D eigenvalue weighted by Gasteiger charge is -2.08. The summed E-state index contributed by atoms with van der Waals surface area (Å²) in [6.07, 6.45) is 0. The smallest absolute Gasteiger partial charge is 0.337 e. The van der Waals surface area contributed by atoms with Gasteiger partial charge in [-0.3, -0.25) is 9.59 Å². The number of carbonyl (C=O) groups is 3. The van der Waals surface area contributed by atoms with Gasteiger partial charge in [0.05, 0.1) is 12.7 Å². The molecule has 0 fully saturated rings. The number of nitrogens with one attached hydrogen (secondary N) is 2. The van der Waals surface area contributed by atoms with Gasteiger partial charge in [-0.15, -0.1) is 0 Å². The van der Waals surface area contributed by atoms with Crippen LogP contribution in [0.2, 0.25) is 0 Å². The minimum absolute atomic E-state index is 0.270. The van der Waals surface area contributed by atoms with Crippen molar-refractivity contribution < 1.29 is 19.1 Å². The van der Waals surface area contributed by atoms with Crippen LogP contribution in [0.15, 0.2) is 24.3 Å². The molecule has 20 heavy (non-hydrogen) atoms. The molecular weight excluding hydrogens is 260 g/mol. The highest BCUT2D eigenvalue weighted by molar-refractivity contribution is 6.39. The van der Waals surface area contributed by atoms with Crippen LogP contribution >= 0.6 is 0 Å². The number of carbonyl (C=O) groups excluding carboxylic acids is 3. The molecule has 0 aliphatic heterocycles. The van der Waals surface area contributed by atoms with E-state index in [-0.39, 0.29) is 5.92 Å². The highest BCUT2D eigenvalue weighted by atomic mass is 16.5. The van der Waals surface area contributed by atoms with Crippen molar-refractivity contribution in [1.29, 1.82) is 0 Å². The van der Waals surface area contributed by atoms with Crippen molar-refractivity contribution in [1.82, 2.24) is 5.32 Å². The Kier molecular flexibility index (Phi) is 5.71. The van der Waals surface area contributed by atoms with Crippen LogP contribution in [0.3, 0.4) is 0 Å². The fraction of sp³-hybridized carbons (Fsp3) is 0.357. The summed E-state index contributed by atoms with van der Waals surface area (Å²) in [5.41, 5.74) is 0.803. The third-order valence-electron chi connectivity index (χ3n) is 2.44. The molecule has 0 spiro atoms. The van der Waals surface area contributed by atoms with Crippen molar-refractivity contribution in [2.75, 3.05) is 19.0 Å². The Morgan fingerprint density at radius 2 is 1.70 bits per heavy atom. The molecule has 0 heterocycles. The number of ether oxygens (including phenoxy) is 1. The molecule has 0 saturated heterocycles. The molecule has 0 saturated carbocycles. The van der Waals surface area contributed by atoms with Gasteiger partial charge in [-0.05, 0) is 30.2 Å². The molecule has 6 nitrogen and oxygen atoms in total. The van der Waals surface area contributed by atoms with Crippen molar-refractivity contribution in [3.63, 3.8) is 0 Å². The van der Waals surface area contributed by atoms with Crippen LogP contribution in [0.5, 0.6) is 0 Å². The molecule has 0 aliphatic rings. The van der Waals surface area contributed by atoms with E-state index >= 15 is 0 Å². The van der Waals surface area contributed by atoms with Gasteiger partial charge in [-0.1, -0.05) is 13.8 Å². The van der Waals surface area contributed by atoms with Crippen LogP contribution in [-0.4, -0.2) is 31.4 Å². The molecule has 0 aromatic heterocycles. The second kappa shape index (κ2) is 7.28.